The van der Waals surface area contributed by atoms with E-state index in [9.17, 15) is 4.79 Å². The molecule has 0 atom stereocenters. The number of carbonyl (C=O) groups excluding carboxylic acids is 1. The fourth-order valence-electron chi connectivity index (χ4n) is 1.43. The molecule has 3 nitrogen and oxygen atoms in total. The lowest BCUT2D eigenvalue weighted by atomic mass is 10.1. The topological polar surface area (TPSA) is 42.9 Å². The van der Waals surface area contributed by atoms with Crippen molar-refractivity contribution in [3.63, 3.8) is 0 Å². The average Bonchev–Trinajstić information content (AvgIpc) is 2.38. The van der Waals surface area contributed by atoms with Gasteiger partial charge in [-0.25, -0.2) is 9.97 Å². The molecule has 0 bridgehead atoms. The first-order valence-electron chi connectivity index (χ1n) is 4.88. The Morgan fingerprint density at radius 3 is 2.53 bits per heavy atom. The predicted molar refractivity (Wildman–Crippen MR) is 69.6 cm³/mol. The standard InChI is InChI=1S/C12H9ClN2OS/c1-17-12-14-10(8-5-3-2-4-6-8)9(7-16)11(13)15-12/h2-7H,1H3. The number of nitrogens with zero attached hydrogens (tertiary/aromatic N) is 2. The third kappa shape index (κ3) is 2.48. The lowest BCUT2D eigenvalue weighted by molar-refractivity contribution is 0.112. The number of rotatable bonds is 3. The number of aromatic nitrogens is 2. The molecule has 0 radical (unpaired) electrons. The van der Waals surface area contributed by atoms with Crippen LogP contribution in [0.2, 0.25) is 5.15 Å². The van der Waals surface area contributed by atoms with E-state index in [-0.39, 0.29) is 5.15 Å². The molecule has 1 heterocycles. The zero-order valence-electron chi connectivity index (χ0n) is 9.05. The molecular formula is C12H9ClN2OS. The summed E-state index contributed by atoms with van der Waals surface area (Å²) >= 11 is 7.36. The van der Waals surface area contributed by atoms with Crippen molar-refractivity contribution >= 4 is 29.6 Å². The molecule has 1 aromatic carbocycles. The molecule has 0 fully saturated rings. The van der Waals surface area contributed by atoms with Gasteiger partial charge in [0.1, 0.15) is 5.15 Å². The highest BCUT2D eigenvalue weighted by atomic mass is 35.5. The van der Waals surface area contributed by atoms with Gasteiger partial charge in [-0.05, 0) is 6.26 Å². The first kappa shape index (κ1) is 12.1. The Labute approximate surface area is 108 Å². The Hall–Kier alpha value is -1.39. The summed E-state index contributed by atoms with van der Waals surface area (Å²) in [4.78, 5) is 19.4. The normalized spacial score (nSPS) is 10.2. The Kier molecular flexibility index (Phi) is 3.76. The fourth-order valence-corrected chi connectivity index (χ4v) is 2.06. The summed E-state index contributed by atoms with van der Waals surface area (Å²) in [6.07, 6.45) is 2.55. The molecule has 2 rings (SSSR count). The van der Waals surface area contributed by atoms with E-state index >= 15 is 0 Å². The van der Waals surface area contributed by atoms with Crippen molar-refractivity contribution in [3.8, 4) is 11.3 Å². The highest BCUT2D eigenvalue weighted by molar-refractivity contribution is 7.98. The lowest BCUT2D eigenvalue weighted by Gasteiger charge is -2.07. The third-order valence-electron chi connectivity index (χ3n) is 2.23. The summed E-state index contributed by atoms with van der Waals surface area (Å²) in [7, 11) is 0. The zero-order valence-corrected chi connectivity index (χ0v) is 10.6. The average molecular weight is 265 g/mol. The molecule has 0 aliphatic heterocycles. The molecule has 86 valence electrons. The Balaban J connectivity index is 2.66. The van der Waals surface area contributed by atoms with Crippen molar-refractivity contribution in [2.45, 2.75) is 5.16 Å². The number of hydrogen-bond donors (Lipinski definition) is 0. The molecule has 0 aliphatic carbocycles. The predicted octanol–water partition coefficient (Wildman–Crippen LogP) is 3.33. The largest absolute Gasteiger partial charge is 0.298 e. The second kappa shape index (κ2) is 5.29. The van der Waals surface area contributed by atoms with Crippen molar-refractivity contribution in [2.24, 2.45) is 0 Å². The second-order valence-electron chi connectivity index (χ2n) is 3.25. The van der Waals surface area contributed by atoms with Crippen molar-refractivity contribution in [3.05, 3.63) is 41.0 Å². The molecule has 0 unspecified atom stereocenters. The minimum atomic E-state index is 0.193. The number of aldehydes is 1. The number of carbonyl (C=O) groups is 1. The molecule has 0 saturated heterocycles. The Bertz CT molecular complexity index is 546. The van der Waals surface area contributed by atoms with Gasteiger partial charge in [0.25, 0.3) is 0 Å². The van der Waals surface area contributed by atoms with Gasteiger partial charge in [-0.15, -0.1) is 0 Å². The van der Waals surface area contributed by atoms with E-state index in [2.05, 4.69) is 9.97 Å². The first-order chi connectivity index (χ1) is 8.26. The van der Waals surface area contributed by atoms with Crippen LogP contribution in [-0.2, 0) is 0 Å². The summed E-state index contributed by atoms with van der Waals surface area (Å²) in [5.74, 6) is 0. The minimum absolute atomic E-state index is 0.193. The van der Waals surface area contributed by atoms with E-state index in [4.69, 9.17) is 11.6 Å². The van der Waals surface area contributed by atoms with E-state index in [0.29, 0.717) is 22.7 Å². The molecule has 0 saturated carbocycles. The zero-order chi connectivity index (χ0) is 12.3. The van der Waals surface area contributed by atoms with E-state index in [0.717, 1.165) is 5.56 Å². The maximum absolute atomic E-state index is 11.0. The molecule has 1 aromatic heterocycles. The maximum Gasteiger partial charge on any atom is 0.189 e. The number of halogens is 1. The molecule has 5 heteroatoms. The van der Waals surface area contributed by atoms with Crippen LogP contribution in [0.5, 0.6) is 0 Å². The lowest BCUT2D eigenvalue weighted by Crippen LogP contribution is -1.98. The van der Waals surface area contributed by atoms with Crippen LogP contribution in [0, 0.1) is 0 Å². The van der Waals surface area contributed by atoms with Crippen molar-refractivity contribution in [1.29, 1.82) is 0 Å². The van der Waals surface area contributed by atoms with Gasteiger partial charge in [-0.2, -0.15) is 0 Å². The second-order valence-corrected chi connectivity index (χ2v) is 4.38. The van der Waals surface area contributed by atoms with E-state index in [1.165, 1.54) is 11.8 Å². The van der Waals surface area contributed by atoms with Crippen LogP contribution in [-0.4, -0.2) is 22.5 Å². The quantitative estimate of drug-likeness (QED) is 0.369. The molecule has 2 aromatic rings. The maximum atomic E-state index is 11.0. The van der Waals surface area contributed by atoms with Crippen molar-refractivity contribution in [2.75, 3.05) is 6.26 Å². The van der Waals surface area contributed by atoms with Crippen LogP contribution in [0.25, 0.3) is 11.3 Å². The van der Waals surface area contributed by atoms with Crippen LogP contribution in [0.4, 0.5) is 0 Å². The van der Waals surface area contributed by atoms with Crippen LogP contribution < -0.4 is 0 Å². The summed E-state index contributed by atoms with van der Waals surface area (Å²) in [6.45, 7) is 0. The van der Waals surface area contributed by atoms with Crippen molar-refractivity contribution < 1.29 is 4.79 Å². The summed E-state index contributed by atoms with van der Waals surface area (Å²) < 4.78 is 0. The van der Waals surface area contributed by atoms with E-state index in [1.807, 2.05) is 36.6 Å². The molecular weight excluding hydrogens is 256 g/mol. The Morgan fingerprint density at radius 1 is 1.24 bits per heavy atom. The van der Waals surface area contributed by atoms with Crippen LogP contribution >= 0.6 is 23.4 Å². The van der Waals surface area contributed by atoms with Gasteiger partial charge in [0, 0.05) is 5.56 Å². The highest BCUT2D eigenvalue weighted by Crippen LogP contribution is 2.27. The van der Waals surface area contributed by atoms with Gasteiger partial charge in [-0.1, -0.05) is 53.7 Å². The minimum Gasteiger partial charge on any atom is -0.298 e. The number of hydrogen-bond acceptors (Lipinski definition) is 4. The smallest absolute Gasteiger partial charge is 0.189 e. The van der Waals surface area contributed by atoms with Gasteiger partial charge in [0.2, 0.25) is 0 Å². The van der Waals surface area contributed by atoms with Gasteiger partial charge in [0.15, 0.2) is 11.4 Å². The van der Waals surface area contributed by atoms with E-state index < -0.39 is 0 Å². The SMILES string of the molecule is CSc1nc(Cl)c(C=O)c(-c2ccccc2)n1. The third-order valence-corrected chi connectivity index (χ3v) is 3.06. The van der Waals surface area contributed by atoms with Gasteiger partial charge in [-0.3, -0.25) is 4.79 Å². The monoisotopic (exact) mass is 264 g/mol. The van der Waals surface area contributed by atoms with Crippen LogP contribution in [0.1, 0.15) is 10.4 Å². The highest BCUT2D eigenvalue weighted by Gasteiger charge is 2.13. The fraction of sp³-hybridized carbons (Fsp3) is 0.0833. The molecule has 0 spiro atoms. The molecule has 0 aliphatic rings. The number of thioether (sulfide) groups is 1. The molecule has 0 N–H and O–H groups in total. The van der Waals surface area contributed by atoms with Gasteiger partial charge < -0.3 is 0 Å². The summed E-state index contributed by atoms with van der Waals surface area (Å²) in [5.41, 5.74) is 1.76. The van der Waals surface area contributed by atoms with Gasteiger partial charge >= 0.3 is 0 Å². The molecule has 0 amide bonds. The van der Waals surface area contributed by atoms with Crippen molar-refractivity contribution in [1.82, 2.24) is 9.97 Å². The van der Waals surface area contributed by atoms with E-state index in [1.54, 1.807) is 0 Å². The summed E-state index contributed by atoms with van der Waals surface area (Å²) in [5, 5.41) is 0.748. The van der Waals surface area contributed by atoms with Crippen LogP contribution in [0.15, 0.2) is 35.5 Å². The Morgan fingerprint density at radius 2 is 1.94 bits per heavy atom. The number of benzene rings is 1. The van der Waals surface area contributed by atoms with Crippen LogP contribution in [0.3, 0.4) is 0 Å². The summed E-state index contributed by atoms with van der Waals surface area (Å²) in [6, 6.07) is 9.45. The molecule has 17 heavy (non-hydrogen) atoms. The first-order valence-corrected chi connectivity index (χ1v) is 6.48. The van der Waals surface area contributed by atoms with Gasteiger partial charge in [0.05, 0.1) is 11.3 Å².